The minimum Gasteiger partial charge on any atom is -0.465 e. The van der Waals surface area contributed by atoms with Gasteiger partial charge in [0.25, 0.3) is 5.91 Å². The van der Waals surface area contributed by atoms with Crippen molar-refractivity contribution in [3.63, 3.8) is 0 Å². The number of nitrogens with one attached hydrogen (secondary N) is 1. The van der Waals surface area contributed by atoms with E-state index in [2.05, 4.69) is 109 Å². The molecule has 6 aliphatic rings. The number of halogens is 4. The van der Waals surface area contributed by atoms with Gasteiger partial charge in [0, 0.05) is 110 Å². The minimum atomic E-state index is -1.01. The molecule has 1 N–H and O–H groups in total. The summed E-state index contributed by atoms with van der Waals surface area (Å²) in [5, 5.41) is 33.2. The number of ether oxygens (including phenoxy) is 10. The van der Waals surface area contributed by atoms with Crippen molar-refractivity contribution >= 4 is 135 Å². The molecular formula is C95H118Br4N14O20. The van der Waals surface area contributed by atoms with Crippen molar-refractivity contribution in [1.29, 1.82) is 15.8 Å². The fourth-order valence-corrected chi connectivity index (χ4v) is 14.8. The highest BCUT2D eigenvalue weighted by Gasteiger charge is 2.42. The quantitative estimate of drug-likeness (QED) is 0.0150. The number of carbonyl (C=O) groups is 9. The molecule has 0 aliphatic carbocycles. The molecule has 133 heavy (non-hydrogen) atoms. The summed E-state index contributed by atoms with van der Waals surface area (Å²) in [6, 6.07) is 21.4. The molecule has 2 atom stereocenters. The van der Waals surface area contributed by atoms with E-state index in [9.17, 15) is 43.2 Å². The van der Waals surface area contributed by atoms with Crippen LogP contribution in [0.3, 0.4) is 0 Å². The maximum Gasteiger partial charge on any atom is 0.410 e. The SMILES string of the molecule is Brc1nccc2c1COC2.CC(C)(C)OC(=O)N1CCC[C@@H](N(C(=O)c2ccc(C3=NOC(C)(C)C3=O)cc2)c2nccc3c2COC3)C1.CC(C)(C)OC(=O)N1CCC[C@@H](Nc2nccc3c2COC3)C1.CCOC(=O)/C(C#N)=C(C)/C=C/N(C)C.CCOC(=O)C(C#N)=C(C)C.CCOC(=O)CC#N.CCOC(=O)c1c(C)ccnc1Br.CCOC(=O)c1c(CBr)ccnc1Br. The Hall–Kier alpha value is -11.4. The number of amides is 3. The van der Waals surface area contributed by atoms with Crippen LogP contribution in [0.5, 0.6) is 0 Å². The molecule has 5 aromatic heterocycles. The van der Waals surface area contributed by atoms with Gasteiger partial charge in [-0.2, -0.15) is 15.8 Å². The number of allylic oxidation sites excluding steroid dienone is 3. The van der Waals surface area contributed by atoms with Crippen LogP contribution in [0.15, 0.2) is 139 Å². The number of nitrogens with zero attached hydrogens (tertiary/aromatic N) is 13. The summed E-state index contributed by atoms with van der Waals surface area (Å²) < 4.78 is 53.1. The topological polar surface area (TPSA) is 428 Å². The lowest BCUT2D eigenvalue weighted by Crippen LogP contribution is -2.53. The molecule has 716 valence electrons. The normalized spacial score (nSPS) is 15.2. The van der Waals surface area contributed by atoms with Crippen molar-refractivity contribution in [3.05, 3.63) is 201 Å². The van der Waals surface area contributed by atoms with Crippen LogP contribution in [0.1, 0.15) is 224 Å². The van der Waals surface area contributed by atoms with E-state index in [0.29, 0.717) is 139 Å². The fraction of sp³-hybridized carbons (Fsp3) is 0.474. The Morgan fingerprint density at radius 1 is 0.594 bits per heavy atom. The highest BCUT2D eigenvalue weighted by Crippen LogP contribution is 2.35. The number of ketones is 1. The van der Waals surface area contributed by atoms with E-state index in [0.717, 1.165) is 70.7 Å². The molecule has 38 heteroatoms. The van der Waals surface area contributed by atoms with Crippen LogP contribution in [-0.2, 0) is 116 Å². The molecule has 0 radical (unpaired) electrons. The van der Waals surface area contributed by atoms with Gasteiger partial charge in [0.2, 0.25) is 5.78 Å². The van der Waals surface area contributed by atoms with Crippen LogP contribution in [-0.4, -0.2) is 201 Å². The van der Waals surface area contributed by atoms with Gasteiger partial charge >= 0.3 is 42.0 Å². The van der Waals surface area contributed by atoms with E-state index in [1.54, 1.807) is 170 Å². The zero-order valence-electron chi connectivity index (χ0n) is 78.7. The molecule has 1 aromatic carbocycles. The Balaban J connectivity index is 0.000000287. The molecule has 3 amide bonds. The highest BCUT2D eigenvalue weighted by molar-refractivity contribution is 9.11. The van der Waals surface area contributed by atoms with Gasteiger partial charge in [-0.25, -0.2) is 53.7 Å². The van der Waals surface area contributed by atoms with Gasteiger partial charge in [-0.3, -0.25) is 19.3 Å². The largest absolute Gasteiger partial charge is 0.465 e. The number of nitriles is 3. The number of piperidine rings is 2. The Bertz CT molecular complexity index is 5260. The van der Waals surface area contributed by atoms with E-state index >= 15 is 0 Å². The van der Waals surface area contributed by atoms with E-state index < -0.39 is 40.8 Å². The lowest BCUT2D eigenvalue weighted by atomic mass is 9.95. The predicted octanol–water partition coefficient (Wildman–Crippen LogP) is 17.6. The number of aromatic nitrogens is 5. The number of anilines is 2. The summed E-state index contributed by atoms with van der Waals surface area (Å²) in [5.41, 5.74) is 9.97. The molecule has 0 saturated carbocycles. The summed E-state index contributed by atoms with van der Waals surface area (Å²) in [7, 11) is 3.72. The first-order valence-corrected chi connectivity index (χ1v) is 46.4. The van der Waals surface area contributed by atoms with Crippen molar-refractivity contribution in [1.82, 2.24) is 39.6 Å². The number of Topliss-reactive ketones (excluding diaryl/α,β-unsaturated/α-hetero) is 1. The number of aryl methyl sites for hydroxylation is 1. The Morgan fingerprint density at radius 3 is 1.58 bits per heavy atom. The Kier molecular flexibility index (Phi) is 47.1. The molecule has 0 unspecified atom stereocenters. The standard InChI is InChI=1S/C29H34N4O6.C17H25N3O3.C11H16N2O2.C9H9Br2NO2.C9H10BrNO2.C8H11NO2.C7H6BrNO.C5H7NO2/c1-28(2,3)38-27(36)32-14-6-7-21(15-32)33(25-22-17-37-16-20(22)12-13-30-25)26(35)19-10-8-18(9-11-19)23-24(34)29(4,5)39-31-23;1-17(2,3)23-16(21)20-8-4-5-13(9-20)19-15-14-11-22-10-12(14)6-7-18-15;1-5-15-11(14)10(8-12)9(2)6-7-13(3)4;1-2-14-9(13)7-6(5-10)3-4-12-8(7)11;1-3-13-9(12)7-6(2)4-5-11-8(7)10;1-4-11-8(10)7(5-9)6(2)3;8-7-6-4-10-3-5(6)1-2-9-7;1-2-8-5(7)3-4-6/h8-13,21H,6-7,14-17H2,1-5H3;6-7,13H,4-5,8-11H2,1-3H3,(H,18,19);6-7H,5H2,1-4H3;3-4H,2,5H2,1H3;4-5H,3H2,1-2H3;4H2,1-3H3;1-2H,3-4H2;2-3H2,1H3/b;;7-6+,10-9+;;;;;/t21-;13-;;;;;;/m11....../s1. The summed E-state index contributed by atoms with van der Waals surface area (Å²) in [6.45, 7) is 37.6. The number of alkyl halides is 1. The van der Waals surface area contributed by atoms with Crippen molar-refractivity contribution in [2.75, 3.05) is 83.5 Å². The van der Waals surface area contributed by atoms with E-state index in [1.807, 2.05) is 97.9 Å². The van der Waals surface area contributed by atoms with E-state index in [-0.39, 0.29) is 71.7 Å². The number of likely N-dealkylation sites (tertiary alicyclic amines) is 2. The number of oxime groups is 1. The Labute approximate surface area is 811 Å². The summed E-state index contributed by atoms with van der Waals surface area (Å²) in [6.07, 6.45) is 14.7. The number of rotatable bonds is 19. The number of carbonyl (C=O) groups excluding carboxylic acids is 9. The van der Waals surface area contributed by atoms with Crippen LogP contribution >= 0.6 is 63.7 Å². The molecule has 6 aromatic rings. The van der Waals surface area contributed by atoms with Gasteiger partial charge in [-0.05, 0) is 279 Å². The van der Waals surface area contributed by atoms with Crippen molar-refractivity contribution < 1.29 is 95.4 Å². The first-order chi connectivity index (χ1) is 63.1. The molecule has 0 spiro atoms. The summed E-state index contributed by atoms with van der Waals surface area (Å²) >= 11 is 13.1. The molecule has 6 aliphatic heterocycles. The second kappa shape index (κ2) is 55.9. The van der Waals surface area contributed by atoms with E-state index in [1.165, 1.54) is 16.7 Å². The third-order valence-corrected chi connectivity index (χ3v) is 21.6. The molecule has 2 saturated heterocycles. The van der Waals surface area contributed by atoms with Gasteiger partial charge in [0.1, 0.15) is 66.4 Å². The molecule has 0 bridgehead atoms. The molecule has 34 nitrogen and oxygen atoms in total. The number of fused-ring (bicyclic) bond motifs is 3. The highest BCUT2D eigenvalue weighted by atomic mass is 79.9. The second-order valence-corrected chi connectivity index (χ2v) is 35.4. The third-order valence-electron chi connectivity index (χ3n) is 19.1. The van der Waals surface area contributed by atoms with Crippen LogP contribution < -0.4 is 10.2 Å². The van der Waals surface area contributed by atoms with E-state index in [4.69, 9.17) is 58.5 Å². The molecule has 2 fully saturated rings. The summed E-state index contributed by atoms with van der Waals surface area (Å²) in [5.74, 6) is -1.26. The molecule has 11 heterocycles. The van der Waals surface area contributed by atoms with Crippen molar-refractivity contribution in [2.24, 2.45) is 5.16 Å². The summed E-state index contributed by atoms with van der Waals surface area (Å²) in [4.78, 5) is 141. The lowest BCUT2D eigenvalue weighted by molar-refractivity contribution is -0.142. The lowest BCUT2D eigenvalue weighted by Gasteiger charge is -2.39. The van der Waals surface area contributed by atoms with Crippen molar-refractivity contribution in [3.8, 4) is 18.2 Å². The average molecular weight is 2100 g/mol. The third kappa shape index (κ3) is 35.8. The predicted molar refractivity (Wildman–Crippen MR) is 510 cm³/mol. The van der Waals surface area contributed by atoms with Gasteiger partial charge in [0.05, 0.1) is 95.9 Å². The fourth-order valence-electron chi connectivity index (χ4n) is 12.7. The van der Waals surface area contributed by atoms with Crippen LogP contribution in [0, 0.1) is 40.9 Å². The number of benzene rings is 1. The molecule has 12 rings (SSSR count). The first kappa shape index (κ1) is 112. The maximum absolute atomic E-state index is 14.1. The van der Waals surface area contributed by atoms with Crippen molar-refractivity contribution in [2.45, 2.75) is 224 Å². The zero-order valence-corrected chi connectivity index (χ0v) is 85.1. The van der Waals surface area contributed by atoms with Crippen LogP contribution in [0.25, 0.3) is 0 Å². The van der Waals surface area contributed by atoms with Crippen LogP contribution in [0.4, 0.5) is 21.2 Å². The molecular weight excluding hydrogens is 1980 g/mol. The van der Waals surface area contributed by atoms with Gasteiger partial charge < -0.3 is 72.2 Å². The number of hydrogen-bond donors (Lipinski definition) is 1. The van der Waals surface area contributed by atoms with Gasteiger partial charge in [-0.15, -0.1) is 0 Å². The average Bonchev–Trinajstić information content (AvgIpc) is 1.71. The number of hydrogen-bond acceptors (Lipinski definition) is 31. The minimum absolute atomic E-state index is 0.0509. The number of pyridine rings is 5. The monoisotopic (exact) mass is 2090 g/mol. The van der Waals surface area contributed by atoms with Gasteiger partial charge in [-0.1, -0.05) is 38.8 Å². The maximum atomic E-state index is 14.1. The second-order valence-electron chi connectivity index (χ2n) is 32.6. The number of esters is 5. The Morgan fingerprint density at radius 2 is 1.08 bits per heavy atom. The first-order valence-electron chi connectivity index (χ1n) is 42.9. The van der Waals surface area contributed by atoms with Crippen LogP contribution in [0.2, 0.25) is 0 Å². The smallest absolute Gasteiger partial charge is 0.410 e. The zero-order chi connectivity index (χ0) is 98.9. The van der Waals surface area contributed by atoms with Gasteiger partial charge in [0.15, 0.2) is 11.3 Å².